The standard InChI is InChI=1S/C19H24FN3OS/c1-6-22(4)12-21-17-9-14(3)15(10-16(17)20)19(24)23(5)11-18-13(2)7-8-25-18/h7-10,12H,6,11H2,1-5H3. The molecule has 0 bridgehead atoms. The van der Waals surface area contributed by atoms with Crippen LogP contribution < -0.4 is 0 Å². The van der Waals surface area contributed by atoms with Crippen molar-refractivity contribution in [2.75, 3.05) is 20.6 Å². The summed E-state index contributed by atoms with van der Waals surface area (Å²) in [4.78, 5) is 21.5. The zero-order valence-corrected chi connectivity index (χ0v) is 16.2. The molecule has 0 N–H and O–H groups in total. The highest BCUT2D eigenvalue weighted by atomic mass is 32.1. The number of benzene rings is 1. The van der Waals surface area contributed by atoms with Gasteiger partial charge in [0.1, 0.15) is 11.5 Å². The van der Waals surface area contributed by atoms with Gasteiger partial charge in [0.15, 0.2) is 0 Å². The molecule has 0 spiro atoms. The molecule has 0 unspecified atom stereocenters. The first-order chi connectivity index (χ1) is 11.8. The van der Waals surface area contributed by atoms with E-state index in [1.807, 2.05) is 37.2 Å². The predicted octanol–water partition coefficient (Wildman–Crippen LogP) is 4.39. The summed E-state index contributed by atoms with van der Waals surface area (Å²) in [6.45, 7) is 7.12. The van der Waals surface area contributed by atoms with Gasteiger partial charge in [-0.2, -0.15) is 0 Å². The Morgan fingerprint density at radius 3 is 2.60 bits per heavy atom. The van der Waals surface area contributed by atoms with Crippen LogP contribution in [0.25, 0.3) is 0 Å². The number of rotatable bonds is 6. The van der Waals surface area contributed by atoms with E-state index in [0.29, 0.717) is 17.7 Å². The lowest BCUT2D eigenvalue weighted by atomic mass is 10.1. The van der Waals surface area contributed by atoms with Gasteiger partial charge < -0.3 is 9.80 Å². The average Bonchev–Trinajstić information content (AvgIpc) is 2.99. The van der Waals surface area contributed by atoms with Crippen LogP contribution in [0.5, 0.6) is 0 Å². The van der Waals surface area contributed by atoms with Gasteiger partial charge in [-0.25, -0.2) is 9.38 Å². The minimum absolute atomic E-state index is 0.189. The minimum Gasteiger partial charge on any atom is -0.366 e. The summed E-state index contributed by atoms with van der Waals surface area (Å²) >= 11 is 1.62. The summed E-state index contributed by atoms with van der Waals surface area (Å²) in [7, 11) is 3.61. The summed E-state index contributed by atoms with van der Waals surface area (Å²) < 4.78 is 14.3. The van der Waals surface area contributed by atoms with Crippen LogP contribution in [0.15, 0.2) is 28.6 Å². The number of carbonyl (C=O) groups is 1. The Labute approximate surface area is 152 Å². The fourth-order valence-electron chi connectivity index (χ4n) is 2.30. The molecule has 0 aliphatic rings. The third-order valence-electron chi connectivity index (χ3n) is 4.11. The van der Waals surface area contributed by atoms with Crippen LogP contribution in [0.2, 0.25) is 0 Å². The van der Waals surface area contributed by atoms with Crippen molar-refractivity contribution in [1.82, 2.24) is 9.80 Å². The number of hydrogen-bond acceptors (Lipinski definition) is 3. The summed E-state index contributed by atoms with van der Waals surface area (Å²) in [6, 6.07) is 4.93. The van der Waals surface area contributed by atoms with E-state index in [4.69, 9.17) is 0 Å². The van der Waals surface area contributed by atoms with E-state index in [-0.39, 0.29) is 11.6 Å². The maximum Gasteiger partial charge on any atom is 0.254 e. The Morgan fingerprint density at radius 1 is 1.28 bits per heavy atom. The van der Waals surface area contributed by atoms with Gasteiger partial charge in [-0.05, 0) is 55.5 Å². The molecule has 6 heteroatoms. The molecule has 2 rings (SSSR count). The molecule has 0 aliphatic heterocycles. The Bertz CT molecular complexity index is 785. The number of nitrogens with zero attached hydrogens (tertiary/aromatic N) is 3. The van der Waals surface area contributed by atoms with Gasteiger partial charge in [0.25, 0.3) is 5.91 Å². The number of halogens is 1. The number of aryl methyl sites for hydroxylation is 2. The van der Waals surface area contributed by atoms with E-state index in [9.17, 15) is 9.18 Å². The lowest BCUT2D eigenvalue weighted by molar-refractivity contribution is 0.0785. The molecule has 0 radical (unpaired) electrons. The minimum atomic E-state index is -0.490. The highest BCUT2D eigenvalue weighted by Gasteiger charge is 2.18. The van der Waals surface area contributed by atoms with Crippen molar-refractivity contribution in [3.05, 3.63) is 51.0 Å². The molecule has 2 aromatic rings. The third-order valence-corrected chi connectivity index (χ3v) is 5.12. The monoisotopic (exact) mass is 361 g/mol. The number of aliphatic imine (C=N–C) groups is 1. The fraction of sp³-hybridized carbons (Fsp3) is 0.368. The Kier molecular flexibility index (Phi) is 6.31. The molecule has 1 aromatic carbocycles. The lowest BCUT2D eigenvalue weighted by Crippen LogP contribution is -2.26. The molecule has 25 heavy (non-hydrogen) atoms. The predicted molar refractivity (Wildman–Crippen MR) is 102 cm³/mol. The summed E-state index contributed by atoms with van der Waals surface area (Å²) in [6.07, 6.45) is 1.59. The van der Waals surface area contributed by atoms with Crippen LogP contribution in [0, 0.1) is 19.7 Å². The molecule has 1 amide bonds. The molecular weight excluding hydrogens is 337 g/mol. The van der Waals surface area contributed by atoms with Gasteiger partial charge >= 0.3 is 0 Å². The molecular formula is C19H24FN3OS. The van der Waals surface area contributed by atoms with Crippen LogP contribution in [0.1, 0.15) is 33.3 Å². The topological polar surface area (TPSA) is 35.9 Å². The van der Waals surface area contributed by atoms with Gasteiger partial charge in [0.05, 0.1) is 12.9 Å². The van der Waals surface area contributed by atoms with E-state index in [2.05, 4.69) is 4.99 Å². The summed E-state index contributed by atoms with van der Waals surface area (Å²) in [5, 5.41) is 2.01. The second kappa shape index (κ2) is 8.25. The van der Waals surface area contributed by atoms with Crippen molar-refractivity contribution in [2.24, 2.45) is 4.99 Å². The molecule has 1 aromatic heterocycles. The molecule has 4 nitrogen and oxygen atoms in total. The number of carbonyl (C=O) groups excluding carboxylic acids is 1. The SMILES string of the molecule is CCN(C)C=Nc1cc(C)c(C(=O)N(C)Cc2sccc2C)cc1F. The van der Waals surface area contributed by atoms with Crippen molar-refractivity contribution in [3.63, 3.8) is 0 Å². The highest BCUT2D eigenvalue weighted by molar-refractivity contribution is 7.10. The average molecular weight is 361 g/mol. The lowest BCUT2D eigenvalue weighted by Gasteiger charge is -2.18. The Hall–Kier alpha value is -2.21. The van der Waals surface area contributed by atoms with Gasteiger partial charge in [0, 0.05) is 31.1 Å². The fourth-order valence-corrected chi connectivity index (χ4v) is 3.26. The molecule has 0 atom stereocenters. The highest BCUT2D eigenvalue weighted by Crippen LogP contribution is 2.24. The third kappa shape index (κ3) is 4.66. The van der Waals surface area contributed by atoms with Crippen molar-refractivity contribution in [3.8, 4) is 0 Å². The van der Waals surface area contributed by atoms with Gasteiger partial charge in [-0.15, -0.1) is 11.3 Å². The zero-order chi connectivity index (χ0) is 18.6. The van der Waals surface area contributed by atoms with E-state index < -0.39 is 5.82 Å². The number of thiophene rings is 1. The molecule has 0 fully saturated rings. The smallest absolute Gasteiger partial charge is 0.254 e. The Balaban J connectivity index is 2.21. The van der Waals surface area contributed by atoms with Gasteiger partial charge in [-0.1, -0.05) is 0 Å². The second-order valence-corrected chi connectivity index (χ2v) is 7.13. The van der Waals surface area contributed by atoms with Gasteiger partial charge in [-0.3, -0.25) is 4.79 Å². The second-order valence-electron chi connectivity index (χ2n) is 6.12. The van der Waals surface area contributed by atoms with Crippen LogP contribution in [0.3, 0.4) is 0 Å². The quantitative estimate of drug-likeness (QED) is 0.565. The van der Waals surface area contributed by atoms with Crippen LogP contribution >= 0.6 is 11.3 Å². The van der Waals surface area contributed by atoms with E-state index in [1.54, 1.807) is 42.6 Å². The molecule has 1 heterocycles. The van der Waals surface area contributed by atoms with E-state index in [0.717, 1.165) is 17.0 Å². The normalized spacial score (nSPS) is 11.1. The Morgan fingerprint density at radius 2 is 2.00 bits per heavy atom. The zero-order valence-electron chi connectivity index (χ0n) is 15.3. The molecule has 0 saturated heterocycles. The largest absolute Gasteiger partial charge is 0.366 e. The van der Waals surface area contributed by atoms with Crippen molar-refractivity contribution in [1.29, 1.82) is 0 Å². The van der Waals surface area contributed by atoms with Crippen LogP contribution in [-0.2, 0) is 6.54 Å². The number of hydrogen-bond donors (Lipinski definition) is 0. The van der Waals surface area contributed by atoms with E-state index >= 15 is 0 Å². The summed E-state index contributed by atoms with van der Waals surface area (Å²) in [5.41, 5.74) is 2.49. The molecule has 0 aliphatic carbocycles. The van der Waals surface area contributed by atoms with E-state index in [1.165, 1.54) is 6.07 Å². The first-order valence-electron chi connectivity index (χ1n) is 8.16. The van der Waals surface area contributed by atoms with Crippen LogP contribution in [-0.4, -0.2) is 42.7 Å². The maximum atomic E-state index is 14.3. The first kappa shape index (κ1) is 19.1. The maximum absolute atomic E-state index is 14.3. The first-order valence-corrected chi connectivity index (χ1v) is 9.04. The van der Waals surface area contributed by atoms with Crippen LogP contribution in [0.4, 0.5) is 10.1 Å². The molecule has 0 saturated carbocycles. The van der Waals surface area contributed by atoms with Crippen molar-refractivity contribution in [2.45, 2.75) is 27.3 Å². The van der Waals surface area contributed by atoms with Crippen molar-refractivity contribution < 1.29 is 9.18 Å². The summed E-state index contributed by atoms with van der Waals surface area (Å²) in [5.74, 6) is -0.680. The van der Waals surface area contributed by atoms with Gasteiger partial charge in [0.2, 0.25) is 0 Å². The molecule has 134 valence electrons. The number of amides is 1. The van der Waals surface area contributed by atoms with Crippen molar-refractivity contribution >= 4 is 29.3 Å².